The number of rotatable bonds is 2. The molecule has 2 rings (SSSR count). The summed E-state index contributed by atoms with van der Waals surface area (Å²) in [4.78, 5) is 1.91. The normalized spacial score (nSPS) is 19.6. The number of halogens is 1. The summed E-state index contributed by atoms with van der Waals surface area (Å²) in [5.41, 5.74) is 6.60. The zero-order valence-electron chi connectivity index (χ0n) is 10.1. The van der Waals surface area contributed by atoms with Gasteiger partial charge in [-0.2, -0.15) is 0 Å². The van der Waals surface area contributed by atoms with Gasteiger partial charge >= 0.3 is 0 Å². The fourth-order valence-electron chi connectivity index (χ4n) is 2.10. The number of sulfone groups is 1. The molecule has 6 heteroatoms. The Labute approximate surface area is 107 Å². The maximum atomic E-state index is 13.6. The topological polar surface area (TPSA) is 63.4 Å². The molecule has 100 valence electrons. The minimum atomic E-state index is -2.94. The number of nitrogens with zero attached hydrogens (tertiary/aromatic N) is 1. The van der Waals surface area contributed by atoms with Gasteiger partial charge in [-0.15, -0.1) is 0 Å². The second kappa shape index (κ2) is 5.24. The summed E-state index contributed by atoms with van der Waals surface area (Å²) in [7, 11) is -2.94. The summed E-state index contributed by atoms with van der Waals surface area (Å²) >= 11 is 0. The van der Waals surface area contributed by atoms with E-state index in [1.165, 1.54) is 6.07 Å². The Morgan fingerprint density at radius 2 is 2.06 bits per heavy atom. The van der Waals surface area contributed by atoms with Crippen molar-refractivity contribution in [2.24, 2.45) is 5.73 Å². The van der Waals surface area contributed by atoms with Crippen LogP contribution in [0.5, 0.6) is 0 Å². The van der Waals surface area contributed by atoms with Crippen LogP contribution in [0.1, 0.15) is 12.0 Å². The third kappa shape index (κ3) is 3.00. The van der Waals surface area contributed by atoms with Crippen LogP contribution in [0.4, 0.5) is 10.1 Å². The Morgan fingerprint density at radius 3 is 2.72 bits per heavy atom. The molecule has 0 aliphatic carbocycles. The van der Waals surface area contributed by atoms with Crippen LogP contribution in [0.2, 0.25) is 0 Å². The second-order valence-corrected chi connectivity index (χ2v) is 6.78. The van der Waals surface area contributed by atoms with Gasteiger partial charge in [0.2, 0.25) is 0 Å². The highest BCUT2D eigenvalue weighted by atomic mass is 32.2. The lowest BCUT2D eigenvalue weighted by Crippen LogP contribution is -2.26. The van der Waals surface area contributed by atoms with E-state index in [0.29, 0.717) is 25.1 Å². The van der Waals surface area contributed by atoms with Crippen LogP contribution in [0.25, 0.3) is 0 Å². The minimum Gasteiger partial charge on any atom is -0.370 e. The Hall–Kier alpha value is -1.14. The zero-order chi connectivity index (χ0) is 13.2. The molecule has 1 aromatic rings. The highest BCUT2D eigenvalue weighted by Gasteiger charge is 2.19. The fraction of sp³-hybridized carbons (Fsp3) is 0.500. The van der Waals surface area contributed by atoms with E-state index in [-0.39, 0.29) is 23.9 Å². The molecule has 1 saturated heterocycles. The maximum Gasteiger partial charge on any atom is 0.152 e. The van der Waals surface area contributed by atoms with Crippen LogP contribution < -0.4 is 10.6 Å². The Kier molecular flexibility index (Phi) is 3.87. The van der Waals surface area contributed by atoms with Crippen molar-refractivity contribution in [2.75, 3.05) is 29.5 Å². The summed E-state index contributed by atoms with van der Waals surface area (Å²) < 4.78 is 36.6. The van der Waals surface area contributed by atoms with Crippen molar-refractivity contribution in [3.63, 3.8) is 0 Å². The molecule has 1 aliphatic rings. The number of anilines is 1. The first-order chi connectivity index (χ1) is 8.52. The fourth-order valence-corrected chi connectivity index (χ4v) is 3.37. The number of benzene rings is 1. The van der Waals surface area contributed by atoms with E-state index in [1.807, 2.05) is 4.90 Å². The van der Waals surface area contributed by atoms with E-state index < -0.39 is 9.84 Å². The molecule has 0 saturated carbocycles. The van der Waals surface area contributed by atoms with Crippen molar-refractivity contribution in [3.8, 4) is 0 Å². The first-order valence-electron chi connectivity index (χ1n) is 5.96. The molecule has 2 N–H and O–H groups in total. The van der Waals surface area contributed by atoms with Gasteiger partial charge in [0.05, 0.1) is 11.5 Å². The van der Waals surface area contributed by atoms with Gasteiger partial charge in [-0.3, -0.25) is 0 Å². The predicted octanol–water partition coefficient (Wildman–Crippen LogP) is 0.909. The molecular formula is C12H17FN2O2S. The summed E-state index contributed by atoms with van der Waals surface area (Å²) in [5, 5.41) is 0. The van der Waals surface area contributed by atoms with Gasteiger partial charge in [-0.25, -0.2) is 12.8 Å². The average molecular weight is 272 g/mol. The predicted molar refractivity (Wildman–Crippen MR) is 69.8 cm³/mol. The molecule has 0 aromatic heterocycles. The van der Waals surface area contributed by atoms with Crippen molar-refractivity contribution in [1.29, 1.82) is 0 Å². The zero-order valence-corrected chi connectivity index (χ0v) is 10.9. The minimum absolute atomic E-state index is 0.132. The SMILES string of the molecule is NCc1ccc(N2CCCS(=O)(=O)CC2)cc1F. The molecule has 1 aliphatic heterocycles. The quantitative estimate of drug-likeness (QED) is 0.869. The van der Waals surface area contributed by atoms with Crippen LogP contribution in [0.3, 0.4) is 0 Å². The van der Waals surface area contributed by atoms with Crippen LogP contribution in [-0.2, 0) is 16.4 Å². The van der Waals surface area contributed by atoms with Crippen molar-refractivity contribution >= 4 is 15.5 Å². The van der Waals surface area contributed by atoms with Gasteiger partial charge in [-0.05, 0) is 18.6 Å². The Morgan fingerprint density at radius 1 is 1.28 bits per heavy atom. The summed E-state index contributed by atoms with van der Waals surface area (Å²) in [6.45, 7) is 1.23. The Balaban J connectivity index is 2.19. The molecule has 1 aromatic carbocycles. The molecule has 0 unspecified atom stereocenters. The van der Waals surface area contributed by atoms with Gasteiger partial charge < -0.3 is 10.6 Å². The Bertz CT molecular complexity index is 531. The lowest BCUT2D eigenvalue weighted by atomic mass is 10.1. The summed E-state index contributed by atoms with van der Waals surface area (Å²) in [6.07, 6.45) is 0.586. The molecule has 1 fully saturated rings. The molecule has 4 nitrogen and oxygen atoms in total. The molecule has 0 spiro atoms. The number of hydrogen-bond donors (Lipinski definition) is 1. The van der Waals surface area contributed by atoms with Crippen molar-refractivity contribution in [1.82, 2.24) is 0 Å². The van der Waals surface area contributed by atoms with Crippen LogP contribution >= 0.6 is 0 Å². The van der Waals surface area contributed by atoms with E-state index in [4.69, 9.17) is 5.73 Å². The third-order valence-corrected chi connectivity index (χ3v) is 4.89. The third-order valence-electron chi connectivity index (χ3n) is 3.18. The van der Waals surface area contributed by atoms with Gasteiger partial charge in [0, 0.05) is 30.9 Å². The van der Waals surface area contributed by atoms with Gasteiger partial charge in [0.25, 0.3) is 0 Å². The van der Waals surface area contributed by atoms with Crippen molar-refractivity contribution < 1.29 is 12.8 Å². The average Bonchev–Trinajstić information content (AvgIpc) is 2.50. The van der Waals surface area contributed by atoms with Crippen molar-refractivity contribution in [2.45, 2.75) is 13.0 Å². The second-order valence-electron chi connectivity index (χ2n) is 4.47. The smallest absolute Gasteiger partial charge is 0.152 e. The molecule has 0 atom stereocenters. The van der Waals surface area contributed by atoms with E-state index in [2.05, 4.69) is 0 Å². The first-order valence-corrected chi connectivity index (χ1v) is 7.78. The van der Waals surface area contributed by atoms with E-state index in [0.717, 1.165) is 5.69 Å². The lowest BCUT2D eigenvalue weighted by molar-refractivity contribution is 0.597. The molecule has 0 amide bonds. The summed E-state index contributed by atoms with van der Waals surface area (Å²) in [5.74, 6) is 0.0160. The van der Waals surface area contributed by atoms with Crippen molar-refractivity contribution in [3.05, 3.63) is 29.6 Å². The molecule has 0 bridgehead atoms. The van der Waals surface area contributed by atoms with Gasteiger partial charge in [-0.1, -0.05) is 6.07 Å². The number of nitrogens with two attached hydrogens (primary N) is 1. The van der Waals surface area contributed by atoms with Crippen LogP contribution in [0, 0.1) is 5.82 Å². The van der Waals surface area contributed by atoms with Crippen LogP contribution in [0.15, 0.2) is 18.2 Å². The van der Waals surface area contributed by atoms with E-state index in [1.54, 1.807) is 12.1 Å². The van der Waals surface area contributed by atoms with E-state index in [9.17, 15) is 12.8 Å². The van der Waals surface area contributed by atoms with Gasteiger partial charge in [0.15, 0.2) is 9.84 Å². The molecule has 18 heavy (non-hydrogen) atoms. The largest absolute Gasteiger partial charge is 0.370 e. The highest BCUT2D eigenvalue weighted by molar-refractivity contribution is 7.91. The molecule has 1 heterocycles. The van der Waals surface area contributed by atoms with E-state index >= 15 is 0 Å². The molecule has 0 radical (unpaired) electrons. The molecular weight excluding hydrogens is 255 g/mol. The maximum absolute atomic E-state index is 13.6. The summed E-state index contributed by atoms with van der Waals surface area (Å²) in [6, 6.07) is 4.88. The standard InChI is InChI=1S/C12H17FN2O2S/c13-12-8-11(3-2-10(12)9-14)15-4-1-6-18(16,17)7-5-15/h2-3,8H,1,4-7,9,14H2. The van der Waals surface area contributed by atoms with Crippen LogP contribution in [-0.4, -0.2) is 33.0 Å². The number of hydrogen-bond acceptors (Lipinski definition) is 4. The first kappa shape index (κ1) is 13.3. The highest BCUT2D eigenvalue weighted by Crippen LogP contribution is 2.20. The lowest BCUT2D eigenvalue weighted by Gasteiger charge is -2.22. The van der Waals surface area contributed by atoms with Gasteiger partial charge in [0.1, 0.15) is 5.82 Å². The monoisotopic (exact) mass is 272 g/mol.